The van der Waals surface area contributed by atoms with Crippen molar-refractivity contribution in [3.8, 4) is 5.88 Å². The Morgan fingerprint density at radius 2 is 1.23 bits per heavy atom. The Morgan fingerprint density at radius 3 is 1.68 bits per heavy atom. The van der Waals surface area contributed by atoms with Crippen molar-refractivity contribution in [1.82, 2.24) is 9.13 Å². The molecule has 0 bridgehead atoms. The topological polar surface area (TPSA) is 64.2 Å². The van der Waals surface area contributed by atoms with Crippen LogP contribution in [-0.4, -0.2) is 14.2 Å². The fraction of sp³-hybridized carbons (Fsp3) is 0.200. The van der Waals surface area contributed by atoms with E-state index in [1.165, 1.54) is 0 Å². The van der Waals surface area contributed by atoms with E-state index in [0.717, 1.165) is 36.4 Å². The molecule has 1 N–H and O–H groups in total. The van der Waals surface area contributed by atoms with Crippen LogP contribution in [-0.2, 0) is 13.1 Å². The molecular weight excluding hydrogens is 463 g/mol. The van der Waals surface area contributed by atoms with Crippen molar-refractivity contribution in [2.75, 3.05) is 0 Å². The molecule has 31 heavy (non-hydrogen) atoms. The lowest BCUT2D eigenvalue weighted by Crippen LogP contribution is -2.40. The van der Waals surface area contributed by atoms with Gasteiger partial charge in [-0.2, -0.15) is 0 Å². The standard InChI is InChI=1S/C20H14Cl2F4N2O3/c21-12-1-10(3-14(23)5-12)16(25)8-27-18(29)7-19(30)28(20(27)31)9-17(26)11-2-13(22)6-15(24)4-11/h1-7,16-17,29H,8-9H2/t16-,17+/m0/s1. The van der Waals surface area contributed by atoms with Gasteiger partial charge in [-0.05, 0) is 47.5 Å². The van der Waals surface area contributed by atoms with Crippen molar-refractivity contribution in [3.05, 3.63) is 96.1 Å². The third-order valence-electron chi connectivity index (χ3n) is 4.44. The SMILES string of the molecule is O=c1cc(O)n(C[C@H](F)c2cc(F)cc(Cl)c2)c(=O)n1C[C@@H](F)c1cc(F)cc(Cl)c1. The van der Waals surface area contributed by atoms with Crippen LogP contribution in [0, 0.1) is 11.6 Å². The molecule has 2 aromatic carbocycles. The zero-order valence-electron chi connectivity index (χ0n) is 15.5. The lowest BCUT2D eigenvalue weighted by Gasteiger charge is -2.16. The summed E-state index contributed by atoms with van der Waals surface area (Å²) in [6.45, 7) is -1.63. The van der Waals surface area contributed by atoms with E-state index in [9.17, 15) is 32.3 Å². The first-order valence-electron chi connectivity index (χ1n) is 8.79. The Bertz CT molecular complexity index is 1210. The van der Waals surface area contributed by atoms with E-state index in [1.807, 2.05) is 0 Å². The first-order chi connectivity index (χ1) is 14.5. The molecule has 164 valence electrons. The van der Waals surface area contributed by atoms with Gasteiger partial charge in [-0.15, -0.1) is 0 Å². The Labute approximate surface area is 182 Å². The molecule has 1 heterocycles. The van der Waals surface area contributed by atoms with Gasteiger partial charge in [0.05, 0.1) is 19.2 Å². The van der Waals surface area contributed by atoms with Crippen LogP contribution in [0.1, 0.15) is 23.5 Å². The van der Waals surface area contributed by atoms with Gasteiger partial charge in [-0.25, -0.2) is 22.4 Å². The molecular formula is C20H14Cl2F4N2O3. The molecule has 0 saturated heterocycles. The second-order valence-corrected chi connectivity index (χ2v) is 7.56. The van der Waals surface area contributed by atoms with Crippen molar-refractivity contribution in [2.45, 2.75) is 25.4 Å². The Morgan fingerprint density at radius 1 is 0.774 bits per heavy atom. The summed E-state index contributed by atoms with van der Waals surface area (Å²) in [4.78, 5) is 24.8. The van der Waals surface area contributed by atoms with Crippen LogP contribution in [0.3, 0.4) is 0 Å². The summed E-state index contributed by atoms with van der Waals surface area (Å²) < 4.78 is 57.2. The third kappa shape index (κ3) is 5.29. The van der Waals surface area contributed by atoms with Crippen LogP contribution in [0.5, 0.6) is 5.88 Å². The van der Waals surface area contributed by atoms with Crippen LogP contribution >= 0.6 is 23.2 Å². The maximum absolute atomic E-state index is 14.7. The van der Waals surface area contributed by atoms with Crippen LogP contribution in [0.25, 0.3) is 0 Å². The molecule has 0 spiro atoms. The summed E-state index contributed by atoms with van der Waals surface area (Å²) in [7, 11) is 0. The molecule has 0 saturated carbocycles. The summed E-state index contributed by atoms with van der Waals surface area (Å²) in [6.07, 6.45) is -3.98. The van der Waals surface area contributed by atoms with Crippen molar-refractivity contribution >= 4 is 23.2 Å². The fourth-order valence-corrected chi connectivity index (χ4v) is 3.45. The van der Waals surface area contributed by atoms with Gasteiger partial charge < -0.3 is 5.11 Å². The molecule has 5 nitrogen and oxygen atoms in total. The molecule has 0 aliphatic carbocycles. The Kier molecular flexibility index (Phi) is 6.76. The van der Waals surface area contributed by atoms with Crippen LogP contribution in [0.4, 0.5) is 17.6 Å². The summed E-state index contributed by atoms with van der Waals surface area (Å²) in [6, 6.07) is 6.51. The second kappa shape index (κ2) is 9.15. The van der Waals surface area contributed by atoms with Gasteiger partial charge in [0.25, 0.3) is 5.56 Å². The third-order valence-corrected chi connectivity index (χ3v) is 4.87. The molecule has 3 rings (SSSR count). The van der Waals surface area contributed by atoms with Crippen molar-refractivity contribution in [2.24, 2.45) is 0 Å². The number of benzene rings is 2. The largest absolute Gasteiger partial charge is 0.494 e. The van der Waals surface area contributed by atoms with Gasteiger partial charge in [0.15, 0.2) is 0 Å². The Hall–Kier alpha value is -2.78. The Balaban J connectivity index is 1.94. The maximum Gasteiger partial charge on any atom is 0.333 e. The predicted molar refractivity (Wildman–Crippen MR) is 107 cm³/mol. The number of nitrogens with zero attached hydrogens (tertiary/aromatic N) is 2. The average molecular weight is 477 g/mol. The number of rotatable bonds is 6. The van der Waals surface area contributed by atoms with Crippen molar-refractivity contribution in [1.29, 1.82) is 0 Å². The van der Waals surface area contributed by atoms with Crippen molar-refractivity contribution < 1.29 is 22.7 Å². The minimum absolute atomic E-state index is 0.0757. The lowest BCUT2D eigenvalue weighted by molar-refractivity contribution is 0.261. The van der Waals surface area contributed by atoms with Gasteiger partial charge in [-0.1, -0.05) is 23.2 Å². The first-order valence-corrected chi connectivity index (χ1v) is 9.54. The van der Waals surface area contributed by atoms with Gasteiger partial charge in [-0.3, -0.25) is 13.9 Å². The number of aromatic nitrogens is 2. The zero-order valence-corrected chi connectivity index (χ0v) is 17.0. The zero-order chi connectivity index (χ0) is 22.9. The second-order valence-electron chi connectivity index (χ2n) is 6.69. The lowest BCUT2D eigenvalue weighted by atomic mass is 10.1. The van der Waals surface area contributed by atoms with E-state index in [1.54, 1.807) is 0 Å². The molecule has 0 aliphatic rings. The molecule has 0 fully saturated rings. The smallest absolute Gasteiger partial charge is 0.333 e. The quantitative estimate of drug-likeness (QED) is 0.523. The van der Waals surface area contributed by atoms with E-state index in [4.69, 9.17) is 23.2 Å². The number of halogens is 6. The van der Waals surface area contributed by atoms with Crippen molar-refractivity contribution in [3.63, 3.8) is 0 Å². The molecule has 3 aromatic rings. The normalized spacial score (nSPS) is 13.2. The van der Waals surface area contributed by atoms with Crippen LogP contribution < -0.4 is 11.2 Å². The van der Waals surface area contributed by atoms with Gasteiger partial charge in [0.1, 0.15) is 24.0 Å². The van der Waals surface area contributed by atoms with Crippen LogP contribution in [0.15, 0.2) is 52.1 Å². The minimum atomic E-state index is -2.00. The number of hydrogen-bond donors (Lipinski definition) is 1. The average Bonchev–Trinajstić information content (AvgIpc) is 2.66. The summed E-state index contributed by atoms with van der Waals surface area (Å²) >= 11 is 11.4. The molecule has 11 heteroatoms. The summed E-state index contributed by atoms with van der Waals surface area (Å²) in [5, 5.41) is 9.79. The minimum Gasteiger partial charge on any atom is -0.494 e. The molecule has 1 aromatic heterocycles. The highest BCUT2D eigenvalue weighted by atomic mass is 35.5. The summed E-state index contributed by atoms with van der Waals surface area (Å²) in [5.74, 6) is -2.48. The predicted octanol–water partition coefficient (Wildman–Crippen LogP) is 4.72. The molecule has 0 unspecified atom stereocenters. The van der Waals surface area contributed by atoms with Crippen LogP contribution in [0.2, 0.25) is 10.0 Å². The maximum atomic E-state index is 14.7. The number of alkyl halides is 2. The van der Waals surface area contributed by atoms with Gasteiger partial charge >= 0.3 is 5.69 Å². The molecule has 0 amide bonds. The fourth-order valence-electron chi connectivity index (χ4n) is 2.99. The molecule has 0 radical (unpaired) electrons. The molecule has 0 aliphatic heterocycles. The highest BCUT2D eigenvalue weighted by Crippen LogP contribution is 2.26. The van der Waals surface area contributed by atoms with E-state index in [0.29, 0.717) is 15.2 Å². The monoisotopic (exact) mass is 476 g/mol. The first kappa shape index (κ1) is 22.9. The highest BCUT2D eigenvalue weighted by molar-refractivity contribution is 6.30. The van der Waals surface area contributed by atoms with E-state index >= 15 is 0 Å². The van der Waals surface area contributed by atoms with Gasteiger partial charge in [0, 0.05) is 10.0 Å². The van der Waals surface area contributed by atoms with Gasteiger partial charge in [0.2, 0.25) is 5.88 Å². The van der Waals surface area contributed by atoms with E-state index in [2.05, 4.69) is 0 Å². The highest BCUT2D eigenvalue weighted by Gasteiger charge is 2.21. The van der Waals surface area contributed by atoms with E-state index < -0.39 is 54.2 Å². The number of hydrogen-bond acceptors (Lipinski definition) is 3. The molecule has 2 atom stereocenters. The van der Waals surface area contributed by atoms with E-state index in [-0.39, 0.29) is 21.2 Å². The summed E-state index contributed by atoms with van der Waals surface area (Å²) in [5.41, 5.74) is -2.67. The number of aromatic hydroxyl groups is 1.